The lowest BCUT2D eigenvalue weighted by Gasteiger charge is -2.39. The number of piperidine rings is 1. The summed E-state index contributed by atoms with van der Waals surface area (Å²) in [5.41, 5.74) is 3.31. The third-order valence-electron chi connectivity index (χ3n) is 9.80. The van der Waals surface area contributed by atoms with Crippen LogP contribution in [0.25, 0.3) is 0 Å². The average Bonchev–Trinajstić information content (AvgIpc) is 3.21. The molecule has 2 unspecified atom stereocenters. The van der Waals surface area contributed by atoms with Crippen molar-refractivity contribution in [3.8, 4) is 0 Å². The normalized spacial score (nSPS) is 24.8. The van der Waals surface area contributed by atoms with E-state index in [2.05, 4.69) is 43.6 Å². The quantitative estimate of drug-likeness (QED) is 0.0658. The van der Waals surface area contributed by atoms with Crippen molar-refractivity contribution in [2.75, 3.05) is 12.3 Å². The summed E-state index contributed by atoms with van der Waals surface area (Å²) in [7, 11) is 0. The smallest absolute Gasteiger partial charge is 0.315 e. The molecule has 2 saturated carbocycles. The molecule has 1 saturated heterocycles. The van der Waals surface area contributed by atoms with Crippen LogP contribution in [0, 0.1) is 34.5 Å². The minimum Gasteiger partial charge on any atom is -0.363 e. The summed E-state index contributed by atoms with van der Waals surface area (Å²) >= 11 is 1.11. The van der Waals surface area contributed by atoms with Crippen LogP contribution < -0.4 is 21.7 Å². The fourth-order valence-electron chi connectivity index (χ4n) is 7.12. The van der Waals surface area contributed by atoms with Gasteiger partial charge in [0.25, 0.3) is 5.91 Å². The Labute approximate surface area is 285 Å². The summed E-state index contributed by atoms with van der Waals surface area (Å²) in [6.45, 7) is 21.8. The number of amides is 5. The lowest BCUT2D eigenvalue weighted by Crippen LogP contribution is -2.63. The molecule has 0 aromatic rings. The molecular formula is C34H59N5O7S. The summed E-state index contributed by atoms with van der Waals surface area (Å²) in [5.74, 6) is -1.86. The molecule has 13 heteroatoms. The van der Waals surface area contributed by atoms with Crippen LogP contribution in [0.4, 0.5) is 4.79 Å². The van der Waals surface area contributed by atoms with Crippen LogP contribution in [0.5, 0.6) is 0 Å². The third-order valence-corrected chi connectivity index (χ3v) is 10.7. The Kier molecular flexibility index (Phi) is 12.2. The van der Waals surface area contributed by atoms with E-state index in [1.165, 1.54) is 0 Å². The first-order valence-electron chi connectivity index (χ1n) is 17.0. The van der Waals surface area contributed by atoms with Gasteiger partial charge in [0.1, 0.15) is 12.1 Å². The Hall–Kier alpha value is -2.38. The number of nitrogens with one attached hydrogen (secondary N) is 3. The number of nitrogens with zero attached hydrogens (tertiary/aromatic N) is 1. The van der Waals surface area contributed by atoms with Crippen molar-refractivity contribution < 1.29 is 33.2 Å². The van der Waals surface area contributed by atoms with Crippen LogP contribution in [0.1, 0.15) is 108 Å². The van der Waals surface area contributed by atoms with Crippen LogP contribution in [0.3, 0.4) is 0 Å². The minimum atomic E-state index is -1.09. The number of hydrogen-bond donors (Lipinski definition) is 4. The van der Waals surface area contributed by atoms with Crippen molar-refractivity contribution in [3.05, 3.63) is 0 Å². The minimum absolute atomic E-state index is 0.0928. The SMILES string of the molecule is CC(C)C[C@@](C)(CSOOC(C)(C)C)NC(=O)N[C@H](C(=O)N1CC2[C@@H]([C@H]1C(=O)NC(CC1CCC1)C(=O)C(N)=O)C2(C)C)C(C)(C)C. The van der Waals surface area contributed by atoms with E-state index in [1.54, 1.807) is 4.90 Å². The molecule has 5 N–H and O–H groups in total. The lowest BCUT2D eigenvalue weighted by molar-refractivity contribution is -0.262. The first-order valence-corrected chi connectivity index (χ1v) is 17.9. The van der Waals surface area contributed by atoms with Crippen LogP contribution in [0.15, 0.2) is 0 Å². The highest BCUT2D eigenvalue weighted by Crippen LogP contribution is 2.65. The molecule has 3 aliphatic rings. The Balaban J connectivity index is 1.78. The van der Waals surface area contributed by atoms with E-state index in [-0.39, 0.29) is 35.0 Å². The van der Waals surface area contributed by atoms with Gasteiger partial charge in [0, 0.05) is 24.3 Å². The van der Waals surface area contributed by atoms with Gasteiger partial charge in [-0.05, 0) is 75.0 Å². The van der Waals surface area contributed by atoms with E-state index in [9.17, 15) is 24.0 Å². The zero-order valence-corrected chi connectivity index (χ0v) is 31.1. The zero-order chi connectivity index (χ0) is 35.7. The van der Waals surface area contributed by atoms with Crippen LogP contribution in [0.2, 0.25) is 0 Å². The summed E-state index contributed by atoms with van der Waals surface area (Å²) in [6.07, 6.45) is 3.90. The molecule has 0 aromatic carbocycles. The monoisotopic (exact) mass is 681 g/mol. The van der Waals surface area contributed by atoms with E-state index >= 15 is 0 Å². The van der Waals surface area contributed by atoms with Gasteiger partial charge in [0.15, 0.2) is 0 Å². The summed E-state index contributed by atoms with van der Waals surface area (Å²) in [6, 6.07) is -3.32. The van der Waals surface area contributed by atoms with Gasteiger partial charge in [-0.15, -0.1) is 0 Å². The highest BCUT2D eigenvalue weighted by atomic mass is 32.2. The number of ketones is 1. The molecule has 0 radical (unpaired) electrons. The molecule has 0 aromatic heterocycles. The summed E-state index contributed by atoms with van der Waals surface area (Å²) < 4.78 is 5.35. The van der Waals surface area contributed by atoms with E-state index in [0.717, 1.165) is 31.3 Å². The maximum Gasteiger partial charge on any atom is 0.315 e. The Bertz CT molecular complexity index is 1190. The number of rotatable bonds is 15. The number of Topliss-reactive ketones (excluding diaryl/α,β-unsaturated/α-hetero) is 1. The van der Waals surface area contributed by atoms with E-state index in [1.807, 2.05) is 48.5 Å². The topological polar surface area (TPSA) is 169 Å². The highest BCUT2D eigenvalue weighted by molar-refractivity contribution is 7.94. The predicted molar refractivity (Wildman–Crippen MR) is 182 cm³/mol. The first kappa shape index (κ1) is 39.1. The predicted octanol–water partition coefficient (Wildman–Crippen LogP) is 4.11. The molecule has 6 atom stereocenters. The number of primary amides is 1. The summed E-state index contributed by atoms with van der Waals surface area (Å²) in [5, 5.41) is 8.82. The van der Waals surface area contributed by atoms with Gasteiger partial charge in [-0.3, -0.25) is 19.2 Å². The van der Waals surface area contributed by atoms with Crippen molar-refractivity contribution in [2.45, 2.75) is 138 Å². The van der Waals surface area contributed by atoms with Gasteiger partial charge in [-0.1, -0.05) is 67.7 Å². The fourth-order valence-corrected chi connectivity index (χ4v) is 7.87. The molecule has 0 bridgehead atoms. The number of carbonyl (C=O) groups is 5. The van der Waals surface area contributed by atoms with Crippen molar-refractivity contribution >= 4 is 41.6 Å². The molecule has 3 rings (SSSR count). The lowest BCUT2D eigenvalue weighted by atomic mass is 9.80. The molecule has 1 aliphatic heterocycles. The van der Waals surface area contributed by atoms with Gasteiger partial charge in [0.2, 0.25) is 17.6 Å². The average molecular weight is 682 g/mol. The van der Waals surface area contributed by atoms with Gasteiger partial charge >= 0.3 is 6.03 Å². The van der Waals surface area contributed by atoms with E-state index in [4.69, 9.17) is 15.0 Å². The van der Waals surface area contributed by atoms with Crippen molar-refractivity contribution in [1.82, 2.24) is 20.9 Å². The maximum absolute atomic E-state index is 14.4. The molecule has 5 amide bonds. The number of likely N-dealkylation sites (tertiary alicyclic amines) is 1. The molecule has 268 valence electrons. The Morgan fingerprint density at radius 2 is 1.62 bits per heavy atom. The van der Waals surface area contributed by atoms with Crippen LogP contribution >= 0.6 is 12.0 Å². The van der Waals surface area contributed by atoms with Gasteiger partial charge < -0.3 is 26.6 Å². The number of carbonyl (C=O) groups excluding carboxylic acids is 5. The molecule has 2 aliphatic carbocycles. The van der Waals surface area contributed by atoms with Gasteiger partial charge in [-0.25, -0.2) is 9.68 Å². The van der Waals surface area contributed by atoms with Gasteiger partial charge in [-0.2, -0.15) is 4.33 Å². The van der Waals surface area contributed by atoms with E-state index in [0.29, 0.717) is 25.1 Å². The number of nitrogens with two attached hydrogens (primary N) is 1. The van der Waals surface area contributed by atoms with E-state index < -0.39 is 58.3 Å². The van der Waals surface area contributed by atoms with Crippen LogP contribution in [-0.4, -0.2) is 76.0 Å². The number of fused-ring (bicyclic) bond motifs is 1. The van der Waals surface area contributed by atoms with Crippen molar-refractivity contribution in [2.24, 2.45) is 40.2 Å². The molecule has 1 heterocycles. The second-order valence-electron chi connectivity index (χ2n) is 17.3. The number of hydrogen-bond acceptors (Lipinski definition) is 8. The van der Waals surface area contributed by atoms with Gasteiger partial charge in [0.05, 0.1) is 17.2 Å². The third kappa shape index (κ3) is 10.1. The molecule has 47 heavy (non-hydrogen) atoms. The van der Waals surface area contributed by atoms with Crippen molar-refractivity contribution in [1.29, 1.82) is 0 Å². The Morgan fingerprint density at radius 1 is 1.00 bits per heavy atom. The second-order valence-corrected chi connectivity index (χ2v) is 18.0. The Morgan fingerprint density at radius 3 is 2.11 bits per heavy atom. The standard InChI is InChI=1S/C34H59N5O7S/c1-19(2)16-34(11,18-47-46-45-32(6,7)8)38-30(44)37-26(31(3,4)5)29(43)39-17-21-23(33(21,9)10)24(39)28(42)36-22(25(40)27(35)41)15-20-13-12-14-20/h19-24,26H,12-18H2,1-11H3,(H2,35,41)(H,36,42)(H2,37,38,44)/t21?,22?,23-,24-,26+,34-/m0/s1. The fraction of sp³-hybridized carbons (Fsp3) is 0.853. The maximum atomic E-state index is 14.4. The van der Waals surface area contributed by atoms with Crippen LogP contribution in [-0.2, 0) is 28.4 Å². The number of urea groups is 1. The highest BCUT2D eigenvalue weighted by Gasteiger charge is 2.70. The zero-order valence-electron chi connectivity index (χ0n) is 30.3. The molecule has 3 fully saturated rings. The molecule has 12 nitrogen and oxygen atoms in total. The summed E-state index contributed by atoms with van der Waals surface area (Å²) in [4.78, 5) is 73.4. The largest absolute Gasteiger partial charge is 0.363 e. The van der Waals surface area contributed by atoms with Crippen molar-refractivity contribution in [3.63, 3.8) is 0 Å². The molecule has 0 spiro atoms. The second kappa shape index (κ2) is 14.6. The first-order chi connectivity index (χ1) is 21.5. The molecular weight excluding hydrogens is 622 g/mol.